The van der Waals surface area contributed by atoms with E-state index in [4.69, 9.17) is 0 Å². The summed E-state index contributed by atoms with van der Waals surface area (Å²) >= 11 is 0. The molecule has 0 heterocycles. The molecule has 1 aromatic rings. The highest BCUT2D eigenvalue weighted by Crippen LogP contribution is 2.30. The van der Waals surface area contributed by atoms with Gasteiger partial charge in [0.15, 0.2) is 0 Å². The lowest BCUT2D eigenvalue weighted by atomic mass is 9.79. The van der Waals surface area contributed by atoms with Gasteiger partial charge in [0.1, 0.15) is 6.29 Å². The minimum atomic E-state index is 0.0114. The third-order valence-corrected chi connectivity index (χ3v) is 2.85. The van der Waals surface area contributed by atoms with Gasteiger partial charge in [0.25, 0.3) is 0 Å². The van der Waals surface area contributed by atoms with E-state index < -0.39 is 0 Å². The van der Waals surface area contributed by atoms with Gasteiger partial charge in [-0.2, -0.15) is 0 Å². The van der Waals surface area contributed by atoms with E-state index in [1.807, 2.05) is 6.07 Å². The Balaban J connectivity index is 3.39. The van der Waals surface area contributed by atoms with Crippen LogP contribution in [0.2, 0.25) is 0 Å². The molecule has 1 aromatic carbocycles. The number of benzene rings is 1. The van der Waals surface area contributed by atoms with E-state index >= 15 is 0 Å². The Kier molecular flexibility index (Phi) is 3.27. The fraction of sp³-hybridized carbons (Fsp3) is 0.533. The first-order chi connectivity index (χ1) is 7.16. The summed E-state index contributed by atoms with van der Waals surface area (Å²) in [7, 11) is 0. The van der Waals surface area contributed by atoms with Crippen LogP contribution < -0.4 is 0 Å². The maximum Gasteiger partial charge on any atom is 0.150 e. The minimum absolute atomic E-state index is 0.0114. The van der Waals surface area contributed by atoms with Crippen molar-refractivity contribution < 1.29 is 4.79 Å². The van der Waals surface area contributed by atoms with E-state index in [0.29, 0.717) is 0 Å². The molecule has 0 N–H and O–H groups in total. The Bertz CT molecular complexity index is 389. The van der Waals surface area contributed by atoms with Crippen molar-refractivity contribution in [3.8, 4) is 0 Å². The van der Waals surface area contributed by atoms with Crippen LogP contribution in [0.15, 0.2) is 18.2 Å². The van der Waals surface area contributed by atoms with Crippen LogP contribution in [0.25, 0.3) is 0 Å². The average molecular weight is 218 g/mol. The summed E-state index contributed by atoms with van der Waals surface area (Å²) in [5.74, 6) is 0. The van der Waals surface area contributed by atoms with Crippen LogP contribution in [-0.4, -0.2) is 6.29 Å². The normalized spacial score (nSPS) is 12.6. The smallest absolute Gasteiger partial charge is 0.150 e. The minimum Gasteiger partial charge on any atom is -0.298 e. The average Bonchev–Trinajstić information content (AvgIpc) is 2.14. The lowest BCUT2D eigenvalue weighted by Gasteiger charge is -2.26. The number of rotatable bonds is 1. The summed E-state index contributed by atoms with van der Waals surface area (Å²) in [4.78, 5) is 11.0. The molecule has 0 atom stereocenters. The molecule has 0 saturated heterocycles. The van der Waals surface area contributed by atoms with Gasteiger partial charge in [-0.15, -0.1) is 0 Å². The van der Waals surface area contributed by atoms with Crippen LogP contribution in [0.3, 0.4) is 0 Å². The van der Waals surface area contributed by atoms with E-state index in [9.17, 15) is 4.79 Å². The first-order valence-corrected chi connectivity index (χ1v) is 5.76. The number of hydrogen-bond acceptors (Lipinski definition) is 1. The topological polar surface area (TPSA) is 17.1 Å². The van der Waals surface area contributed by atoms with Crippen molar-refractivity contribution in [3.63, 3.8) is 0 Å². The van der Waals surface area contributed by atoms with Crippen molar-refractivity contribution in [2.45, 2.75) is 52.4 Å². The molecule has 1 nitrogen and oxygen atoms in total. The molecule has 1 rings (SSSR count). The quantitative estimate of drug-likeness (QED) is 0.649. The molecular weight excluding hydrogens is 196 g/mol. The van der Waals surface area contributed by atoms with Crippen molar-refractivity contribution in [1.29, 1.82) is 0 Å². The molecule has 0 aliphatic carbocycles. The Morgan fingerprint density at radius 3 is 1.88 bits per heavy atom. The second-order valence-corrected chi connectivity index (χ2v) is 6.42. The van der Waals surface area contributed by atoms with Crippen molar-refractivity contribution in [3.05, 3.63) is 34.9 Å². The lowest BCUT2D eigenvalue weighted by molar-refractivity contribution is 0.112. The van der Waals surface area contributed by atoms with Crippen LogP contribution in [0, 0.1) is 0 Å². The SMILES string of the molecule is CC(C)(C)c1ccc(C=O)c(C(C)(C)C)c1. The second-order valence-electron chi connectivity index (χ2n) is 6.42. The monoisotopic (exact) mass is 218 g/mol. The molecule has 0 aliphatic heterocycles. The third-order valence-electron chi connectivity index (χ3n) is 2.85. The van der Waals surface area contributed by atoms with Gasteiger partial charge in [0.2, 0.25) is 0 Å². The van der Waals surface area contributed by atoms with Gasteiger partial charge in [0.05, 0.1) is 0 Å². The zero-order valence-corrected chi connectivity index (χ0v) is 11.2. The zero-order chi connectivity index (χ0) is 12.6. The molecule has 0 saturated carbocycles. The van der Waals surface area contributed by atoms with Crippen LogP contribution in [0.5, 0.6) is 0 Å². The standard InChI is InChI=1S/C15H22O/c1-14(2,3)12-8-7-11(10-16)13(9-12)15(4,5)6/h7-10H,1-6H3. The summed E-state index contributed by atoms with van der Waals surface area (Å²) in [6, 6.07) is 6.16. The summed E-state index contributed by atoms with van der Waals surface area (Å²) in [5.41, 5.74) is 3.36. The lowest BCUT2D eigenvalue weighted by Crippen LogP contribution is -2.18. The second kappa shape index (κ2) is 4.04. The Morgan fingerprint density at radius 1 is 0.938 bits per heavy atom. The van der Waals surface area contributed by atoms with Gasteiger partial charge < -0.3 is 0 Å². The fourth-order valence-corrected chi connectivity index (χ4v) is 1.78. The molecule has 0 spiro atoms. The van der Waals surface area contributed by atoms with E-state index in [-0.39, 0.29) is 10.8 Å². The largest absolute Gasteiger partial charge is 0.298 e. The molecule has 0 unspecified atom stereocenters. The number of aldehydes is 1. The molecule has 0 radical (unpaired) electrons. The molecule has 0 bridgehead atoms. The molecule has 0 aromatic heterocycles. The van der Waals surface area contributed by atoms with Crippen molar-refractivity contribution in [1.82, 2.24) is 0 Å². The third kappa shape index (κ3) is 2.72. The molecule has 0 fully saturated rings. The predicted octanol–water partition coefficient (Wildman–Crippen LogP) is 4.09. The van der Waals surface area contributed by atoms with Crippen molar-refractivity contribution in [2.75, 3.05) is 0 Å². The summed E-state index contributed by atoms with van der Waals surface area (Å²) in [6.45, 7) is 13.0. The molecule has 1 heteroatoms. The van der Waals surface area contributed by atoms with Crippen LogP contribution in [0.1, 0.15) is 63.0 Å². The van der Waals surface area contributed by atoms with Gasteiger partial charge >= 0.3 is 0 Å². The zero-order valence-electron chi connectivity index (χ0n) is 11.2. The van der Waals surface area contributed by atoms with Gasteiger partial charge in [-0.1, -0.05) is 59.7 Å². The van der Waals surface area contributed by atoms with E-state index in [2.05, 4.69) is 53.7 Å². The number of hydrogen-bond donors (Lipinski definition) is 0. The van der Waals surface area contributed by atoms with Crippen LogP contribution in [-0.2, 0) is 10.8 Å². The van der Waals surface area contributed by atoms with Crippen molar-refractivity contribution >= 4 is 6.29 Å². The first kappa shape index (κ1) is 13.0. The summed E-state index contributed by atoms with van der Waals surface area (Å²) < 4.78 is 0. The number of carbonyl (C=O) groups is 1. The Morgan fingerprint density at radius 2 is 1.50 bits per heavy atom. The van der Waals surface area contributed by atoms with Crippen LogP contribution in [0.4, 0.5) is 0 Å². The highest BCUT2D eigenvalue weighted by atomic mass is 16.1. The highest BCUT2D eigenvalue weighted by molar-refractivity contribution is 5.78. The van der Waals surface area contributed by atoms with Gasteiger partial charge in [-0.3, -0.25) is 4.79 Å². The maximum absolute atomic E-state index is 11.0. The van der Waals surface area contributed by atoms with E-state index in [0.717, 1.165) is 17.4 Å². The molecule has 16 heavy (non-hydrogen) atoms. The van der Waals surface area contributed by atoms with E-state index in [1.165, 1.54) is 5.56 Å². The van der Waals surface area contributed by atoms with Crippen LogP contribution >= 0.6 is 0 Å². The summed E-state index contributed by atoms with van der Waals surface area (Å²) in [5, 5.41) is 0. The number of carbonyl (C=O) groups excluding carboxylic acids is 1. The van der Waals surface area contributed by atoms with E-state index in [1.54, 1.807) is 0 Å². The predicted molar refractivity (Wildman–Crippen MR) is 69.2 cm³/mol. The van der Waals surface area contributed by atoms with Gasteiger partial charge in [0, 0.05) is 5.56 Å². The Hall–Kier alpha value is -1.11. The molecule has 0 aliphatic rings. The first-order valence-electron chi connectivity index (χ1n) is 5.76. The Labute approximate surface area is 98.9 Å². The highest BCUT2D eigenvalue weighted by Gasteiger charge is 2.21. The fourth-order valence-electron chi connectivity index (χ4n) is 1.78. The molecule has 88 valence electrons. The summed E-state index contributed by atoms with van der Waals surface area (Å²) in [6.07, 6.45) is 0.951. The molecule has 0 amide bonds. The van der Waals surface area contributed by atoms with Crippen molar-refractivity contribution in [2.24, 2.45) is 0 Å². The van der Waals surface area contributed by atoms with Gasteiger partial charge in [-0.25, -0.2) is 0 Å². The van der Waals surface area contributed by atoms with Gasteiger partial charge in [-0.05, 0) is 22.0 Å². The maximum atomic E-state index is 11.0. The molecular formula is C15H22O.